The molecule has 0 unspecified atom stereocenters. The van der Waals surface area contributed by atoms with Gasteiger partial charge in [0.15, 0.2) is 11.3 Å². The lowest BCUT2D eigenvalue weighted by Gasteiger charge is -2.30. The molecule has 3 aromatic heterocycles. The molecule has 10 heteroatoms. The summed E-state index contributed by atoms with van der Waals surface area (Å²) in [7, 11) is 0. The third kappa shape index (κ3) is 5.09. The molecule has 0 bridgehead atoms. The number of hydrogen-bond acceptors (Lipinski definition) is 7. The number of ether oxygens (including phenoxy) is 1. The van der Waals surface area contributed by atoms with Gasteiger partial charge in [-0.3, -0.25) is 9.20 Å². The first-order chi connectivity index (χ1) is 18.1. The van der Waals surface area contributed by atoms with Crippen molar-refractivity contribution in [3.8, 4) is 17.2 Å². The number of aromatic nitrogens is 2. The van der Waals surface area contributed by atoms with Crippen molar-refractivity contribution >= 4 is 41.3 Å². The van der Waals surface area contributed by atoms with E-state index >= 15 is 0 Å². The lowest BCUT2D eigenvalue weighted by Crippen LogP contribution is -2.36. The zero-order valence-electron chi connectivity index (χ0n) is 20.5. The van der Waals surface area contributed by atoms with E-state index in [1.165, 1.54) is 11.3 Å². The fourth-order valence-corrected chi connectivity index (χ4v) is 5.25. The van der Waals surface area contributed by atoms with Gasteiger partial charge in [-0.05, 0) is 60.8 Å². The molecule has 4 heterocycles. The Hall–Kier alpha value is -4.10. The van der Waals surface area contributed by atoms with E-state index in [1.807, 2.05) is 29.0 Å². The Labute approximate surface area is 219 Å². The van der Waals surface area contributed by atoms with Crippen molar-refractivity contribution in [3.63, 3.8) is 0 Å². The molecule has 1 N–H and O–H groups in total. The van der Waals surface area contributed by atoms with E-state index < -0.39 is 5.97 Å². The van der Waals surface area contributed by atoms with Gasteiger partial charge in [0.1, 0.15) is 5.69 Å². The highest BCUT2D eigenvalue weighted by molar-refractivity contribution is 7.08. The summed E-state index contributed by atoms with van der Waals surface area (Å²) in [5.41, 5.74) is 4.49. The van der Waals surface area contributed by atoms with Crippen LogP contribution in [0.5, 0.6) is 0 Å². The SMILES string of the molecule is CCOC(=O)c1c(-c2ccsc2)nc2c(C(=O)NCc3ccc(N4CCB(C#N)CC4)cc3)cccn12. The van der Waals surface area contributed by atoms with Crippen molar-refractivity contribution in [1.29, 1.82) is 5.26 Å². The van der Waals surface area contributed by atoms with E-state index in [-0.39, 0.29) is 19.2 Å². The van der Waals surface area contributed by atoms with Crippen molar-refractivity contribution in [3.05, 3.63) is 76.2 Å². The Balaban J connectivity index is 1.34. The number of fused-ring (bicyclic) bond motifs is 1. The maximum Gasteiger partial charge on any atom is 0.357 e. The molecule has 1 aliphatic heterocycles. The molecule has 1 fully saturated rings. The van der Waals surface area contributed by atoms with E-state index in [0.29, 0.717) is 29.1 Å². The molecule has 0 aliphatic carbocycles. The van der Waals surface area contributed by atoms with Crippen LogP contribution in [0.1, 0.15) is 33.3 Å². The first-order valence-corrected chi connectivity index (χ1v) is 13.3. The van der Waals surface area contributed by atoms with Gasteiger partial charge in [0, 0.05) is 48.4 Å². The number of anilines is 1. The number of carbonyl (C=O) groups excluding carboxylic acids is 2. The highest BCUT2D eigenvalue weighted by atomic mass is 32.1. The van der Waals surface area contributed by atoms with E-state index in [2.05, 4.69) is 28.3 Å². The summed E-state index contributed by atoms with van der Waals surface area (Å²) in [6, 6.07) is 13.5. The summed E-state index contributed by atoms with van der Waals surface area (Å²) < 4.78 is 6.92. The molecule has 0 radical (unpaired) electrons. The second kappa shape index (κ2) is 10.9. The van der Waals surface area contributed by atoms with Crippen LogP contribution in [-0.2, 0) is 11.3 Å². The summed E-state index contributed by atoms with van der Waals surface area (Å²) in [5.74, 6) is 1.61. The molecule has 1 amide bonds. The second-order valence-corrected chi connectivity index (χ2v) is 9.68. The highest BCUT2D eigenvalue weighted by Gasteiger charge is 2.25. The topological polar surface area (TPSA) is 99.7 Å². The average molecular weight is 511 g/mol. The maximum atomic E-state index is 13.2. The largest absolute Gasteiger partial charge is 0.461 e. The molecule has 1 aliphatic rings. The summed E-state index contributed by atoms with van der Waals surface area (Å²) in [6.07, 6.45) is 3.50. The molecule has 37 heavy (non-hydrogen) atoms. The van der Waals surface area contributed by atoms with Gasteiger partial charge in [0.05, 0.1) is 12.2 Å². The van der Waals surface area contributed by atoms with E-state index in [4.69, 9.17) is 15.0 Å². The Morgan fingerprint density at radius 1 is 1.19 bits per heavy atom. The zero-order valence-corrected chi connectivity index (χ0v) is 21.3. The average Bonchev–Trinajstić information content (AvgIpc) is 3.60. The van der Waals surface area contributed by atoms with Crippen molar-refractivity contribution in [2.75, 3.05) is 24.6 Å². The Kier molecular flexibility index (Phi) is 7.24. The van der Waals surface area contributed by atoms with Gasteiger partial charge in [-0.2, -0.15) is 11.3 Å². The van der Waals surface area contributed by atoms with Crippen LogP contribution in [0, 0.1) is 11.2 Å². The van der Waals surface area contributed by atoms with Gasteiger partial charge < -0.3 is 15.0 Å². The van der Waals surface area contributed by atoms with Gasteiger partial charge >= 0.3 is 5.97 Å². The lowest BCUT2D eigenvalue weighted by molar-refractivity contribution is 0.0519. The lowest BCUT2D eigenvalue weighted by atomic mass is 9.45. The van der Waals surface area contributed by atoms with E-state index in [0.717, 1.165) is 42.5 Å². The number of nitrogens with one attached hydrogen (secondary N) is 1. The molecular weight excluding hydrogens is 485 g/mol. The Morgan fingerprint density at radius 2 is 1.97 bits per heavy atom. The van der Waals surface area contributed by atoms with Gasteiger partial charge in [0.25, 0.3) is 12.6 Å². The fraction of sp³-hybridized carbons (Fsp3) is 0.259. The number of carbonyl (C=O) groups is 2. The third-order valence-electron chi connectivity index (χ3n) is 6.59. The van der Waals surface area contributed by atoms with Crippen LogP contribution in [0.15, 0.2) is 59.4 Å². The molecule has 8 nitrogen and oxygen atoms in total. The predicted octanol–water partition coefficient (Wildman–Crippen LogP) is 4.55. The number of nitriles is 1. The van der Waals surface area contributed by atoms with E-state index in [1.54, 1.807) is 29.7 Å². The van der Waals surface area contributed by atoms with Gasteiger partial charge in [0.2, 0.25) is 0 Å². The molecule has 0 atom stereocenters. The number of thiophene rings is 1. The van der Waals surface area contributed by atoms with Crippen molar-refractivity contribution < 1.29 is 14.3 Å². The number of esters is 1. The Morgan fingerprint density at radius 3 is 2.65 bits per heavy atom. The van der Waals surface area contributed by atoms with Gasteiger partial charge in [-0.15, -0.1) is 0 Å². The number of nitrogens with zero attached hydrogens (tertiary/aromatic N) is 4. The van der Waals surface area contributed by atoms with Crippen LogP contribution in [0.4, 0.5) is 5.69 Å². The summed E-state index contributed by atoms with van der Waals surface area (Å²) in [4.78, 5) is 33.0. The maximum absolute atomic E-state index is 13.2. The van der Waals surface area contributed by atoms with Crippen molar-refractivity contribution in [1.82, 2.24) is 14.7 Å². The monoisotopic (exact) mass is 511 g/mol. The Bertz CT molecular complexity index is 1450. The van der Waals surface area contributed by atoms with Crippen LogP contribution in [0.3, 0.4) is 0 Å². The second-order valence-electron chi connectivity index (χ2n) is 8.90. The smallest absolute Gasteiger partial charge is 0.357 e. The number of amides is 1. The van der Waals surface area contributed by atoms with Crippen LogP contribution < -0.4 is 10.2 Å². The standard InChI is InChI=1S/C27H26BN5O3S/c1-2-36-27(35)24-23(20-9-15-37-17-20)31-25-22(4-3-12-33(24)25)26(34)30-16-19-5-7-21(8-6-19)32-13-10-28(18-29)11-14-32/h3-9,12,15,17H,2,10-11,13-14,16H2,1H3,(H,30,34). The van der Waals surface area contributed by atoms with Gasteiger partial charge in [-0.1, -0.05) is 12.1 Å². The molecule has 1 aromatic carbocycles. The number of imidazole rings is 1. The molecule has 4 aromatic rings. The molecule has 1 saturated heterocycles. The quantitative estimate of drug-likeness (QED) is 0.289. The van der Waals surface area contributed by atoms with Gasteiger partial charge in [-0.25, -0.2) is 15.0 Å². The molecular formula is C27H26BN5O3S. The van der Waals surface area contributed by atoms with Crippen molar-refractivity contribution in [2.45, 2.75) is 26.1 Å². The first-order valence-electron chi connectivity index (χ1n) is 12.3. The number of benzene rings is 1. The minimum atomic E-state index is -0.481. The van der Waals surface area contributed by atoms with Crippen molar-refractivity contribution in [2.24, 2.45) is 0 Å². The fourth-order valence-electron chi connectivity index (χ4n) is 4.61. The third-order valence-corrected chi connectivity index (χ3v) is 7.27. The van der Waals surface area contributed by atoms with Crippen LogP contribution in [0.25, 0.3) is 16.9 Å². The highest BCUT2D eigenvalue weighted by Crippen LogP contribution is 2.28. The summed E-state index contributed by atoms with van der Waals surface area (Å²) >= 11 is 1.51. The first kappa shape index (κ1) is 24.6. The molecule has 0 saturated carbocycles. The van der Waals surface area contributed by atoms with Crippen LogP contribution >= 0.6 is 11.3 Å². The molecule has 0 spiro atoms. The minimum absolute atomic E-state index is 0.153. The molecule has 186 valence electrons. The van der Waals surface area contributed by atoms with E-state index in [9.17, 15) is 9.59 Å². The number of rotatable bonds is 7. The number of pyridine rings is 1. The van der Waals surface area contributed by atoms with Crippen LogP contribution in [0.2, 0.25) is 12.6 Å². The normalized spacial score (nSPS) is 13.4. The summed E-state index contributed by atoms with van der Waals surface area (Å²) in [6.45, 7) is 4.27. The summed E-state index contributed by atoms with van der Waals surface area (Å²) in [5, 5.41) is 15.9. The van der Waals surface area contributed by atoms with Crippen LogP contribution in [-0.4, -0.2) is 47.7 Å². The number of hydrogen-bond donors (Lipinski definition) is 1. The minimum Gasteiger partial charge on any atom is -0.461 e. The zero-order chi connectivity index (χ0) is 25.8. The molecule has 5 rings (SSSR count). The predicted molar refractivity (Wildman–Crippen MR) is 145 cm³/mol.